The van der Waals surface area contributed by atoms with E-state index < -0.39 is 165 Å². The van der Waals surface area contributed by atoms with Crippen molar-refractivity contribution in [3.63, 3.8) is 0 Å². The van der Waals surface area contributed by atoms with E-state index in [1.165, 1.54) is 20.8 Å². The van der Waals surface area contributed by atoms with Crippen molar-refractivity contribution in [2.24, 2.45) is 17.8 Å². The zero-order valence-corrected chi connectivity index (χ0v) is 28.4. The molecule has 302 valence electrons. The van der Waals surface area contributed by atoms with Gasteiger partial charge in [-0.25, -0.2) is 14.4 Å². The lowest BCUT2D eigenvalue weighted by molar-refractivity contribution is -0.362. The van der Waals surface area contributed by atoms with Gasteiger partial charge in [0.05, 0.1) is 56.4 Å². The average molecular weight is 763 g/mol. The first-order chi connectivity index (χ1) is 24.0. The number of ether oxygens (including phenoxy) is 5. The van der Waals surface area contributed by atoms with E-state index in [0.29, 0.717) is 0 Å². The van der Waals surface area contributed by atoms with E-state index in [1.54, 1.807) is 0 Å². The van der Waals surface area contributed by atoms with Crippen molar-refractivity contribution in [1.29, 1.82) is 0 Å². The number of carboxylic acid groups (broad SMARTS) is 3. The van der Waals surface area contributed by atoms with Crippen molar-refractivity contribution in [2.45, 2.75) is 131 Å². The van der Waals surface area contributed by atoms with Gasteiger partial charge in [-0.05, 0) is 0 Å². The van der Waals surface area contributed by atoms with E-state index in [1.807, 2.05) is 0 Å². The fraction of sp³-hybridized carbons (Fsp3) is 0.900. The van der Waals surface area contributed by atoms with Gasteiger partial charge in [0.25, 0.3) is 17.4 Å². The molecule has 0 radical (unpaired) electrons. The van der Waals surface area contributed by atoms with Gasteiger partial charge in [-0.1, -0.05) is 20.8 Å². The Morgan fingerprint density at radius 1 is 0.596 bits per heavy atom. The molecule has 22 nitrogen and oxygen atoms in total. The Hall–Kier alpha value is -2.23. The molecule has 3 heterocycles. The van der Waals surface area contributed by atoms with Crippen LogP contribution >= 0.6 is 0 Å². The van der Waals surface area contributed by atoms with Crippen LogP contribution in [0.5, 0.6) is 0 Å². The normalized spacial score (nSPS) is 42.0. The summed E-state index contributed by atoms with van der Waals surface area (Å²) in [5.41, 5.74) is 0. The van der Waals surface area contributed by atoms with Gasteiger partial charge in [0.2, 0.25) is 0 Å². The molecule has 0 bridgehead atoms. The third-order valence-electron chi connectivity index (χ3n) is 10.2. The Morgan fingerprint density at radius 3 is 1.27 bits per heavy atom. The number of carbonyl (C=O) groups is 3. The summed E-state index contributed by atoms with van der Waals surface area (Å²) in [4.78, 5) is 36.9. The van der Waals surface area contributed by atoms with Crippen LogP contribution in [0.2, 0.25) is 0 Å². The lowest BCUT2D eigenvalue weighted by Crippen LogP contribution is -2.66. The van der Waals surface area contributed by atoms with Crippen molar-refractivity contribution >= 4 is 17.9 Å². The zero-order chi connectivity index (χ0) is 39.7. The molecule has 0 saturated carbocycles. The van der Waals surface area contributed by atoms with Gasteiger partial charge in [0, 0.05) is 37.0 Å². The largest absolute Gasteiger partial charge is 0.477 e. The molecular formula is C30H50O22. The van der Waals surface area contributed by atoms with E-state index in [9.17, 15) is 85.9 Å². The van der Waals surface area contributed by atoms with E-state index in [-0.39, 0.29) is 0 Å². The Balaban J connectivity index is 1.94. The van der Waals surface area contributed by atoms with Crippen molar-refractivity contribution in [3.05, 3.63) is 0 Å². The molecule has 18 atom stereocenters. The van der Waals surface area contributed by atoms with Crippen molar-refractivity contribution in [2.75, 3.05) is 19.8 Å². The summed E-state index contributed by atoms with van der Waals surface area (Å²) >= 11 is 0. The summed E-state index contributed by atoms with van der Waals surface area (Å²) in [6.45, 7) is 0.465. The van der Waals surface area contributed by atoms with Crippen LogP contribution in [-0.2, 0) is 38.1 Å². The number of hydrogen-bond donors (Lipinski definition) is 14. The van der Waals surface area contributed by atoms with Crippen molar-refractivity contribution < 1.29 is 110 Å². The van der Waals surface area contributed by atoms with Gasteiger partial charge >= 0.3 is 17.9 Å². The van der Waals surface area contributed by atoms with Gasteiger partial charge in [0.1, 0.15) is 36.6 Å². The molecular weight excluding hydrogens is 712 g/mol. The highest BCUT2D eigenvalue weighted by atomic mass is 16.8. The minimum atomic E-state index is -3.04. The maximum atomic E-state index is 12.7. The van der Waals surface area contributed by atoms with Crippen LogP contribution in [0, 0.1) is 17.8 Å². The topological polar surface area (TPSA) is 381 Å². The molecule has 3 fully saturated rings. The standard InChI is InChI=1S/C30H50O22/c1-10-13(34)4-28(47,25(41)42)50-23(10)20(39)17(8-32)48-30(27(45)46)6-15(36)12(3)24(52-30)21(40)18(9-33)49-29(26(43)44)5-14(35)11(2)22(51-29)19(38)16(37)7-31/h10-24,31-40,47H,4-9H2,1-3H3,(H,41,42)(H,43,44)(H,45,46)/t10-,11-,12-,13-,14-,15-,16-,17?,18-,19-,20-,21-,22?,23?,24?,28-,29-,30-/m1/s1. The molecule has 4 unspecified atom stereocenters. The lowest BCUT2D eigenvalue weighted by atomic mass is 9.83. The molecule has 3 rings (SSSR count). The fourth-order valence-corrected chi connectivity index (χ4v) is 6.66. The van der Waals surface area contributed by atoms with Gasteiger partial charge < -0.3 is 95.2 Å². The van der Waals surface area contributed by atoms with Crippen molar-refractivity contribution in [1.82, 2.24) is 0 Å². The SMILES string of the molecule is C[C@H]1C([C@H](O)C(CO)O[C@]2(C(=O)O)C[C@@H](O)[C@@H](C)C([C@H](O)[C@@H](CO)O[C@]3(C(=O)O)C[C@@H](O)[C@@H](C)C([C@H](O)[C@H](O)CO)O3)O2)O[C@@](O)(C(=O)O)C[C@H]1O. The van der Waals surface area contributed by atoms with Crippen LogP contribution in [0.3, 0.4) is 0 Å². The summed E-state index contributed by atoms with van der Waals surface area (Å²) in [5, 5.41) is 145. The maximum Gasteiger partial charge on any atom is 0.364 e. The smallest absolute Gasteiger partial charge is 0.364 e. The fourth-order valence-electron chi connectivity index (χ4n) is 6.66. The molecule has 0 amide bonds. The first kappa shape index (κ1) is 44.2. The molecule has 52 heavy (non-hydrogen) atoms. The molecule has 0 spiro atoms. The van der Waals surface area contributed by atoms with E-state index in [0.717, 1.165) is 0 Å². The maximum absolute atomic E-state index is 12.7. The van der Waals surface area contributed by atoms with Crippen LogP contribution in [0.25, 0.3) is 0 Å². The molecule has 14 N–H and O–H groups in total. The second kappa shape index (κ2) is 17.1. The highest BCUT2D eigenvalue weighted by Gasteiger charge is 2.60. The van der Waals surface area contributed by atoms with Crippen LogP contribution in [-0.4, -0.2) is 200 Å². The highest BCUT2D eigenvalue weighted by Crippen LogP contribution is 2.42. The minimum Gasteiger partial charge on any atom is -0.477 e. The zero-order valence-electron chi connectivity index (χ0n) is 28.4. The Kier molecular flexibility index (Phi) is 14.5. The molecule has 3 saturated heterocycles. The minimum absolute atomic E-state index is 0.810. The van der Waals surface area contributed by atoms with Crippen LogP contribution in [0.15, 0.2) is 0 Å². The summed E-state index contributed by atoms with van der Waals surface area (Å²) in [6, 6.07) is 0. The molecule has 0 aromatic rings. The summed E-state index contributed by atoms with van der Waals surface area (Å²) in [5.74, 6) is -18.2. The van der Waals surface area contributed by atoms with Crippen molar-refractivity contribution in [3.8, 4) is 0 Å². The number of aliphatic hydroxyl groups is 11. The van der Waals surface area contributed by atoms with Gasteiger partial charge in [-0.15, -0.1) is 0 Å². The van der Waals surface area contributed by atoms with E-state index in [2.05, 4.69) is 0 Å². The van der Waals surface area contributed by atoms with Crippen LogP contribution in [0.4, 0.5) is 0 Å². The highest BCUT2D eigenvalue weighted by molar-refractivity contribution is 5.77. The molecule has 3 aliphatic rings. The molecule has 0 aliphatic carbocycles. The third-order valence-corrected chi connectivity index (χ3v) is 10.2. The van der Waals surface area contributed by atoms with Gasteiger partial charge in [-0.3, -0.25) is 0 Å². The monoisotopic (exact) mass is 762 g/mol. The number of aliphatic hydroxyl groups excluding tert-OH is 10. The summed E-state index contributed by atoms with van der Waals surface area (Å²) < 4.78 is 27.4. The van der Waals surface area contributed by atoms with Crippen LogP contribution < -0.4 is 0 Å². The first-order valence-corrected chi connectivity index (χ1v) is 16.5. The molecule has 3 aliphatic heterocycles. The van der Waals surface area contributed by atoms with Crippen LogP contribution in [0.1, 0.15) is 40.0 Å². The van der Waals surface area contributed by atoms with Gasteiger partial charge in [0.15, 0.2) is 0 Å². The summed E-state index contributed by atoms with van der Waals surface area (Å²) in [7, 11) is 0. The predicted octanol–water partition coefficient (Wildman–Crippen LogP) is -6.13. The number of aliphatic carboxylic acids is 3. The van der Waals surface area contributed by atoms with Gasteiger partial charge in [-0.2, -0.15) is 0 Å². The first-order valence-electron chi connectivity index (χ1n) is 16.5. The quantitative estimate of drug-likeness (QED) is 0.0695. The number of hydrogen-bond acceptors (Lipinski definition) is 19. The molecule has 0 aromatic heterocycles. The Morgan fingerprint density at radius 2 is 0.942 bits per heavy atom. The number of carboxylic acids is 3. The van der Waals surface area contributed by atoms with E-state index >= 15 is 0 Å². The second-order valence-corrected chi connectivity index (χ2v) is 13.7. The second-order valence-electron chi connectivity index (χ2n) is 13.7. The molecule has 0 aromatic carbocycles. The Bertz CT molecular complexity index is 1240. The average Bonchev–Trinajstić information content (AvgIpc) is 3.09. The number of rotatable bonds is 16. The predicted molar refractivity (Wildman–Crippen MR) is 162 cm³/mol. The summed E-state index contributed by atoms with van der Waals surface area (Å²) in [6.07, 6.45) is -25.3. The third kappa shape index (κ3) is 8.67. The van der Waals surface area contributed by atoms with E-state index in [4.69, 9.17) is 23.7 Å². The Labute approximate surface area is 295 Å². The molecule has 22 heteroatoms. The lowest BCUT2D eigenvalue weighted by Gasteiger charge is -2.49.